The quantitative estimate of drug-likeness (QED) is 0.687. The van der Waals surface area contributed by atoms with Gasteiger partial charge in [0.1, 0.15) is 18.1 Å². The third-order valence-electron chi connectivity index (χ3n) is 2.58. The van der Waals surface area contributed by atoms with Gasteiger partial charge < -0.3 is 24.4 Å². The zero-order valence-electron chi connectivity index (χ0n) is 11.0. The van der Waals surface area contributed by atoms with Crippen molar-refractivity contribution in [1.82, 2.24) is 0 Å². The smallest absolute Gasteiger partial charge is 0.333 e. The Morgan fingerprint density at radius 1 is 1.32 bits per heavy atom. The number of hydrogen-bond acceptors (Lipinski definition) is 5. The zero-order chi connectivity index (χ0) is 14.3. The van der Waals surface area contributed by atoms with Gasteiger partial charge in [-0.15, -0.1) is 0 Å². The molecule has 0 aromatic heterocycles. The Kier molecular flexibility index (Phi) is 6.11. The Hall–Kier alpha value is -1.79. The van der Waals surface area contributed by atoms with Crippen LogP contribution in [0.4, 0.5) is 0 Å². The van der Waals surface area contributed by atoms with E-state index in [1.54, 1.807) is 19.2 Å². The summed E-state index contributed by atoms with van der Waals surface area (Å²) in [4.78, 5) is 10.8. The Bertz CT molecular complexity index is 418. The van der Waals surface area contributed by atoms with E-state index in [0.717, 1.165) is 0 Å². The van der Waals surface area contributed by atoms with Gasteiger partial charge in [-0.1, -0.05) is 6.07 Å². The molecule has 0 aliphatic heterocycles. The van der Waals surface area contributed by atoms with E-state index in [1.165, 1.54) is 13.2 Å². The molecule has 1 atom stereocenters. The normalized spacial score (nSPS) is 12.1. The lowest BCUT2D eigenvalue weighted by atomic mass is 10.1. The van der Waals surface area contributed by atoms with Crippen LogP contribution in [0.15, 0.2) is 18.2 Å². The minimum absolute atomic E-state index is 0.0155. The van der Waals surface area contributed by atoms with Crippen LogP contribution in [-0.4, -0.2) is 49.7 Å². The molecule has 0 fully saturated rings. The Morgan fingerprint density at radius 3 is 2.58 bits per heavy atom. The first-order valence-corrected chi connectivity index (χ1v) is 5.77. The minimum atomic E-state index is -1.07. The molecule has 6 nitrogen and oxygen atoms in total. The molecule has 1 rings (SSSR count). The molecular formula is C13H18O6. The number of carboxylic acid groups (broad SMARTS) is 1. The average Bonchev–Trinajstić information content (AvgIpc) is 2.37. The molecule has 0 aliphatic rings. The van der Waals surface area contributed by atoms with E-state index in [4.69, 9.17) is 19.3 Å². The largest absolute Gasteiger partial charge is 0.508 e. The molecule has 106 valence electrons. The number of carbonyl (C=O) groups is 1. The number of hydrogen-bond donors (Lipinski definition) is 2. The number of methoxy groups -OCH3 is 2. The van der Waals surface area contributed by atoms with Gasteiger partial charge in [0.05, 0.1) is 6.61 Å². The van der Waals surface area contributed by atoms with Crippen molar-refractivity contribution in [1.29, 1.82) is 0 Å². The standard InChI is InChI=1S/C13H18O6/c1-17-5-6-19-10-4-3-9(11(14)8-10)7-12(18-2)13(15)16/h3-4,8,12,14H,5-7H2,1-2H3,(H,15,16). The predicted molar refractivity (Wildman–Crippen MR) is 67.6 cm³/mol. The maximum atomic E-state index is 10.8. The molecule has 0 amide bonds. The fourth-order valence-corrected chi connectivity index (χ4v) is 1.52. The lowest BCUT2D eigenvalue weighted by Crippen LogP contribution is -2.24. The SMILES string of the molecule is COCCOc1ccc(CC(OC)C(=O)O)c(O)c1. The lowest BCUT2D eigenvalue weighted by molar-refractivity contribution is -0.148. The number of aromatic hydroxyl groups is 1. The average molecular weight is 270 g/mol. The second-order valence-electron chi connectivity index (χ2n) is 3.90. The van der Waals surface area contributed by atoms with Crippen LogP contribution in [-0.2, 0) is 20.7 Å². The van der Waals surface area contributed by atoms with Crippen molar-refractivity contribution in [3.05, 3.63) is 23.8 Å². The molecule has 0 saturated heterocycles. The van der Waals surface area contributed by atoms with Gasteiger partial charge in [-0.2, -0.15) is 0 Å². The molecule has 0 saturated carbocycles. The van der Waals surface area contributed by atoms with E-state index in [0.29, 0.717) is 24.5 Å². The van der Waals surface area contributed by atoms with Gasteiger partial charge in [0.2, 0.25) is 0 Å². The van der Waals surface area contributed by atoms with Crippen molar-refractivity contribution in [3.8, 4) is 11.5 Å². The van der Waals surface area contributed by atoms with Gasteiger partial charge in [0.25, 0.3) is 0 Å². The van der Waals surface area contributed by atoms with Crippen LogP contribution >= 0.6 is 0 Å². The summed E-state index contributed by atoms with van der Waals surface area (Å²) >= 11 is 0. The molecule has 1 aromatic rings. The molecule has 0 radical (unpaired) electrons. The number of ether oxygens (including phenoxy) is 3. The number of benzene rings is 1. The summed E-state index contributed by atoms with van der Waals surface area (Å²) in [7, 11) is 2.89. The molecule has 19 heavy (non-hydrogen) atoms. The van der Waals surface area contributed by atoms with E-state index >= 15 is 0 Å². The summed E-state index contributed by atoms with van der Waals surface area (Å²) in [5.74, 6) is -0.580. The number of rotatable bonds is 8. The summed E-state index contributed by atoms with van der Waals surface area (Å²) in [6, 6.07) is 4.73. The second-order valence-corrected chi connectivity index (χ2v) is 3.90. The van der Waals surface area contributed by atoms with Gasteiger partial charge in [-0.3, -0.25) is 0 Å². The van der Waals surface area contributed by atoms with Gasteiger partial charge in [0, 0.05) is 26.7 Å². The maximum absolute atomic E-state index is 10.8. The molecule has 2 N–H and O–H groups in total. The van der Waals surface area contributed by atoms with E-state index in [9.17, 15) is 9.90 Å². The monoisotopic (exact) mass is 270 g/mol. The molecule has 0 heterocycles. The fourth-order valence-electron chi connectivity index (χ4n) is 1.52. The van der Waals surface area contributed by atoms with Crippen LogP contribution in [0.25, 0.3) is 0 Å². The van der Waals surface area contributed by atoms with Crippen LogP contribution in [0.1, 0.15) is 5.56 Å². The predicted octanol–water partition coefficient (Wildman–Crippen LogP) is 1.06. The minimum Gasteiger partial charge on any atom is -0.508 e. The Labute approximate surface area is 111 Å². The van der Waals surface area contributed by atoms with Crippen LogP contribution in [0, 0.1) is 0 Å². The first kappa shape index (κ1) is 15.3. The highest BCUT2D eigenvalue weighted by molar-refractivity contribution is 5.73. The molecule has 1 unspecified atom stereocenters. The molecule has 0 spiro atoms. The van der Waals surface area contributed by atoms with Crippen LogP contribution in [0.5, 0.6) is 11.5 Å². The zero-order valence-corrected chi connectivity index (χ0v) is 11.0. The third kappa shape index (κ3) is 4.76. The van der Waals surface area contributed by atoms with Crippen molar-refractivity contribution in [2.45, 2.75) is 12.5 Å². The van der Waals surface area contributed by atoms with E-state index in [2.05, 4.69) is 0 Å². The first-order valence-electron chi connectivity index (χ1n) is 5.77. The topological polar surface area (TPSA) is 85.2 Å². The number of aliphatic carboxylic acids is 1. The molecule has 0 bridgehead atoms. The van der Waals surface area contributed by atoms with Crippen molar-refractivity contribution in [2.75, 3.05) is 27.4 Å². The van der Waals surface area contributed by atoms with Crippen LogP contribution in [0.3, 0.4) is 0 Å². The van der Waals surface area contributed by atoms with Crippen LogP contribution in [0.2, 0.25) is 0 Å². The summed E-state index contributed by atoms with van der Waals surface area (Å²) in [6.07, 6.45) is -0.887. The molecule has 0 aliphatic carbocycles. The summed E-state index contributed by atoms with van der Waals surface area (Å²) < 4.78 is 15.0. The summed E-state index contributed by atoms with van der Waals surface area (Å²) in [5, 5.41) is 18.7. The highest BCUT2D eigenvalue weighted by atomic mass is 16.5. The van der Waals surface area contributed by atoms with Gasteiger partial charge >= 0.3 is 5.97 Å². The Balaban J connectivity index is 2.68. The van der Waals surface area contributed by atoms with Crippen molar-refractivity contribution in [3.63, 3.8) is 0 Å². The highest BCUT2D eigenvalue weighted by Gasteiger charge is 2.18. The number of phenolic OH excluding ortho intramolecular Hbond substituents is 1. The number of carboxylic acids is 1. The summed E-state index contributed by atoms with van der Waals surface area (Å²) in [5.41, 5.74) is 0.494. The molecule has 6 heteroatoms. The molecular weight excluding hydrogens is 252 g/mol. The maximum Gasteiger partial charge on any atom is 0.333 e. The Morgan fingerprint density at radius 2 is 2.05 bits per heavy atom. The van der Waals surface area contributed by atoms with E-state index < -0.39 is 12.1 Å². The summed E-state index contributed by atoms with van der Waals surface area (Å²) in [6.45, 7) is 0.832. The first-order chi connectivity index (χ1) is 9.08. The van der Waals surface area contributed by atoms with Gasteiger partial charge in [0.15, 0.2) is 6.10 Å². The van der Waals surface area contributed by atoms with Crippen molar-refractivity contribution in [2.24, 2.45) is 0 Å². The van der Waals surface area contributed by atoms with Gasteiger partial charge in [-0.25, -0.2) is 4.79 Å². The van der Waals surface area contributed by atoms with Crippen molar-refractivity contribution < 1.29 is 29.2 Å². The van der Waals surface area contributed by atoms with Crippen molar-refractivity contribution >= 4 is 5.97 Å². The van der Waals surface area contributed by atoms with E-state index in [-0.39, 0.29) is 12.2 Å². The lowest BCUT2D eigenvalue weighted by Gasteiger charge is -2.12. The van der Waals surface area contributed by atoms with Crippen LogP contribution < -0.4 is 4.74 Å². The fraction of sp³-hybridized carbons (Fsp3) is 0.462. The number of phenols is 1. The van der Waals surface area contributed by atoms with Gasteiger partial charge in [-0.05, 0) is 11.6 Å². The highest BCUT2D eigenvalue weighted by Crippen LogP contribution is 2.25. The second kappa shape index (κ2) is 7.60. The van der Waals surface area contributed by atoms with E-state index in [1.807, 2.05) is 0 Å². The molecule has 1 aromatic carbocycles. The third-order valence-corrected chi connectivity index (χ3v) is 2.58.